The van der Waals surface area contributed by atoms with Crippen molar-refractivity contribution >= 4 is 11.9 Å². The van der Waals surface area contributed by atoms with Crippen LogP contribution in [0.25, 0.3) is 0 Å². The van der Waals surface area contributed by atoms with Gasteiger partial charge in [-0.1, -0.05) is 6.92 Å². The number of carboxylic acids is 1. The fourth-order valence-corrected chi connectivity index (χ4v) is 1.27. The highest BCUT2D eigenvalue weighted by atomic mass is 16.4. The molecule has 0 saturated heterocycles. The van der Waals surface area contributed by atoms with Gasteiger partial charge < -0.3 is 16.2 Å². The quantitative estimate of drug-likeness (QED) is 0.598. The molecular formula is C10H18N2O3. The molecule has 1 rings (SSSR count). The van der Waals surface area contributed by atoms with E-state index in [2.05, 4.69) is 5.32 Å². The van der Waals surface area contributed by atoms with Crippen LogP contribution in [0.2, 0.25) is 0 Å². The molecule has 0 radical (unpaired) electrons. The van der Waals surface area contributed by atoms with Crippen LogP contribution < -0.4 is 11.1 Å². The van der Waals surface area contributed by atoms with E-state index in [1.807, 2.05) is 0 Å². The number of amides is 1. The summed E-state index contributed by atoms with van der Waals surface area (Å²) in [6.07, 6.45) is 1.30. The van der Waals surface area contributed by atoms with Crippen LogP contribution in [0, 0.1) is 11.3 Å². The van der Waals surface area contributed by atoms with Gasteiger partial charge in [-0.15, -0.1) is 0 Å². The molecular weight excluding hydrogens is 196 g/mol. The minimum absolute atomic E-state index is 0.169. The molecule has 0 aromatic heterocycles. The maximum absolute atomic E-state index is 11.5. The Kier molecular flexibility index (Phi) is 3.34. The van der Waals surface area contributed by atoms with Gasteiger partial charge in [0.1, 0.15) is 0 Å². The van der Waals surface area contributed by atoms with E-state index >= 15 is 0 Å². The van der Waals surface area contributed by atoms with E-state index in [9.17, 15) is 9.59 Å². The van der Waals surface area contributed by atoms with Crippen molar-refractivity contribution in [3.05, 3.63) is 0 Å². The fraction of sp³-hybridized carbons (Fsp3) is 0.800. The van der Waals surface area contributed by atoms with Crippen molar-refractivity contribution in [2.24, 2.45) is 17.1 Å². The van der Waals surface area contributed by atoms with Crippen molar-refractivity contribution < 1.29 is 14.7 Å². The summed E-state index contributed by atoms with van der Waals surface area (Å²) in [4.78, 5) is 22.3. The largest absolute Gasteiger partial charge is 0.481 e. The maximum atomic E-state index is 11.5. The summed E-state index contributed by atoms with van der Waals surface area (Å²) in [6, 6.07) is -0.218. The third-order valence-electron chi connectivity index (χ3n) is 3.11. The lowest BCUT2D eigenvalue weighted by Crippen LogP contribution is -2.42. The van der Waals surface area contributed by atoms with Crippen molar-refractivity contribution in [2.45, 2.75) is 32.7 Å². The Bertz CT molecular complexity index is 272. The predicted octanol–water partition coefficient (Wildman–Crippen LogP) is -0.0493. The van der Waals surface area contributed by atoms with Gasteiger partial charge in [0, 0.05) is 18.5 Å². The predicted molar refractivity (Wildman–Crippen MR) is 55.1 cm³/mol. The number of carbonyl (C=O) groups is 2. The number of rotatable bonds is 5. The Labute approximate surface area is 89.0 Å². The fourth-order valence-electron chi connectivity index (χ4n) is 1.27. The Hall–Kier alpha value is -1.10. The highest BCUT2D eigenvalue weighted by Gasteiger charge is 2.50. The molecule has 1 aliphatic carbocycles. The van der Waals surface area contributed by atoms with Gasteiger partial charge in [0.05, 0.1) is 5.41 Å². The third kappa shape index (κ3) is 2.68. The highest BCUT2D eigenvalue weighted by Crippen LogP contribution is 2.45. The molecule has 0 heterocycles. The van der Waals surface area contributed by atoms with Gasteiger partial charge in [-0.05, 0) is 19.8 Å². The van der Waals surface area contributed by atoms with Crippen LogP contribution in [0.5, 0.6) is 0 Å². The van der Waals surface area contributed by atoms with Gasteiger partial charge in [-0.2, -0.15) is 0 Å². The van der Waals surface area contributed by atoms with E-state index in [0.29, 0.717) is 12.8 Å². The molecule has 5 heteroatoms. The second-order valence-electron chi connectivity index (χ2n) is 4.45. The van der Waals surface area contributed by atoms with E-state index in [1.165, 1.54) is 0 Å². The molecule has 0 bridgehead atoms. The van der Waals surface area contributed by atoms with Gasteiger partial charge in [0.25, 0.3) is 0 Å². The van der Waals surface area contributed by atoms with Crippen LogP contribution in [0.3, 0.4) is 0 Å². The molecule has 1 fully saturated rings. The third-order valence-corrected chi connectivity index (χ3v) is 3.11. The number of nitrogens with one attached hydrogen (secondary N) is 1. The van der Waals surface area contributed by atoms with Crippen molar-refractivity contribution in [1.29, 1.82) is 0 Å². The van der Waals surface area contributed by atoms with Crippen LogP contribution in [-0.4, -0.2) is 29.6 Å². The summed E-state index contributed by atoms with van der Waals surface area (Å²) in [5.74, 6) is -1.27. The molecule has 1 aliphatic rings. The van der Waals surface area contributed by atoms with Crippen LogP contribution in [-0.2, 0) is 9.59 Å². The van der Waals surface area contributed by atoms with Gasteiger partial charge in [0.15, 0.2) is 0 Å². The molecule has 4 N–H and O–H groups in total. The summed E-state index contributed by atoms with van der Waals surface area (Å²) in [5, 5.41) is 11.5. The number of hydrogen-bond donors (Lipinski definition) is 3. The molecule has 15 heavy (non-hydrogen) atoms. The van der Waals surface area contributed by atoms with Crippen molar-refractivity contribution in [1.82, 2.24) is 5.32 Å². The summed E-state index contributed by atoms with van der Waals surface area (Å²) in [5.41, 5.74) is 4.87. The van der Waals surface area contributed by atoms with Crippen molar-refractivity contribution in [3.8, 4) is 0 Å². The summed E-state index contributed by atoms with van der Waals surface area (Å²) >= 11 is 0. The lowest BCUT2D eigenvalue weighted by Gasteiger charge is -2.17. The molecule has 1 saturated carbocycles. The lowest BCUT2D eigenvalue weighted by atomic mass is 10.0. The van der Waals surface area contributed by atoms with E-state index in [1.54, 1.807) is 13.8 Å². The lowest BCUT2D eigenvalue weighted by molar-refractivity contribution is -0.143. The molecule has 2 unspecified atom stereocenters. The first-order valence-electron chi connectivity index (χ1n) is 5.16. The van der Waals surface area contributed by atoms with E-state index < -0.39 is 11.4 Å². The van der Waals surface area contributed by atoms with Gasteiger partial charge >= 0.3 is 5.97 Å². The maximum Gasteiger partial charge on any atom is 0.311 e. The molecule has 0 aromatic rings. The SMILES string of the molecule is CC(N)C(C)C(=O)NCC1(C(=O)O)CC1. The van der Waals surface area contributed by atoms with E-state index in [4.69, 9.17) is 10.8 Å². The molecule has 0 spiro atoms. The topological polar surface area (TPSA) is 92.4 Å². The van der Waals surface area contributed by atoms with Gasteiger partial charge in [-0.25, -0.2) is 0 Å². The van der Waals surface area contributed by atoms with Crippen LogP contribution >= 0.6 is 0 Å². The standard InChI is InChI=1S/C10H18N2O3/c1-6(7(2)11)8(13)12-5-10(3-4-10)9(14)15/h6-7H,3-5,11H2,1-2H3,(H,12,13)(H,14,15). The monoisotopic (exact) mass is 214 g/mol. The van der Waals surface area contributed by atoms with Crippen LogP contribution in [0.15, 0.2) is 0 Å². The first-order chi connectivity index (χ1) is 6.89. The first kappa shape index (κ1) is 12.0. The Balaban J connectivity index is 2.38. The number of aliphatic carboxylic acids is 1. The molecule has 0 aromatic carbocycles. The minimum Gasteiger partial charge on any atom is -0.481 e. The highest BCUT2D eigenvalue weighted by molar-refractivity contribution is 5.82. The number of carboxylic acid groups (broad SMARTS) is 1. The molecule has 86 valence electrons. The average Bonchev–Trinajstić information content (AvgIpc) is 2.93. The zero-order valence-corrected chi connectivity index (χ0v) is 9.12. The molecule has 0 aliphatic heterocycles. The zero-order valence-electron chi connectivity index (χ0n) is 9.12. The van der Waals surface area contributed by atoms with Crippen molar-refractivity contribution in [2.75, 3.05) is 6.54 Å². The number of carbonyl (C=O) groups excluding carboxylic acids is 1. The Morgan fingerprint density at radius 3 is 2.33 bits per heavy atom. The van der Waals surface area contributed by atoms with E-state index in [0.717, 1.165) is 0 Å². The smallest absolute Gasteiger partial charge is 0.311 e. The zero-order chi connectivity index (χ0) is 11.6. The van der Waals surface area contributed by atoms with E-state index in [-0.39, 0.29) is 24.4 Å². The molecule has 5 nitrogen and oxygen atoms in total. The second-order valence-corrected chi connectivity index (χ2v) is 4.45. The summed E-state index contributed by atoms with van der Waals surface area (Å²) < 4.78 is 0. The van der Waals surface area contributed by atoms with Crippen LogP contribution in [0.1, 0.15) is 26.7 Å². The Morgan fingerprint density at radius 1 is 1.47 bits per heavy atom. The summed E-state index contributed by atoms with van der Waals surface area (Å²) in [7, 11) is 0. The minimum atomic E-state index is -0.823. The van der Waals surface area contributed by atoms with Gasteiger partial charge in [0.2, 0.25) is 5.91 Å². The second kappa shape index (κ2) is 4.18. The average molecular weight is 214 g/mol. The first-order valence-corrected chi connectivity index (χ1v) is 5.16. The summed E-state index contributed by atoms with van der Waals surface area (Å²) in [6.45, 7) is 3.72. The van der Waals surface area contributed by atoms with Gasteiger partial charge in [-0.3, -0.25) is 9.59 Å². The van der Waals surface area contributed by atoms with Crippen LogP contribution in [0.4, 0.5) is 0 Å². The molecule has 1 amide bonds. The van der Waals surface area contributed by atoms with Crippen molar-refractivity contribution in [3.63, 3.8) is 0 Å². The molecule has 2 atom stereocenters. The number of nitrogens with two attached hydrogens (primary N) is 1. The Morgan fingerprint density at radius 2 is 2.00 bits per heavy atom. The normalized spacial score (nSPS) is 21.5. The number of hydrogen-bond acceptors (Lipinski definition) is 3.